The largest absolute Gasteiger partial charge is 0.478 e. The lowest BCUT2D eigenvalue weighted by Crippen LogP contribution is -2.35. The zero-order valence-corrected chi connectivity index (χ0v) is 13.3. The van der Waals surface area contributed by atoms with Gasteiger partial charge in [0.2, 0.25) is 10.0 Å². The predicted molar refractivity (Wildman–Crippen MR) is 75.7 cm³/mol. The number of aromatic carboxylic acids is 1. The van der Waals surface area contributed by atoms with Crippen LogP contribution in [0.5, 0.6) is 0 Å². The van der Waals surface area contributed by atoms with Crippen molar-refractivity contribution in [3.63, 3.8) is 0 Å². The van der Waals surface area contributed by atoms with Crippen molar-refractivity contribution in [1.29, 1.82) is 0 Å². The Hall–Kier alpha value is -0.670. The van der Waals surface area contributed by atoms with Crippen molar-refractivity contribution in [2.45, 2.75) is 17.4 Å². The Morgan fingerprint density at radius 1 is 1.50 bits per heavy atom. The van der Waals surface area contributed by atoms with Crippen molar-refractivity contribution in [2.24, 2.45) is 0 Å². The maximum atomic E-state index is 12.2. The Morgan fingerprint density at radius 2 is 2.20 bits per heavy atom. The third kappa shape index (κ3) is 3.32. The lowest BCUT2D eigenvalue weighted by molar-refractivity contribution is 0.0696. The summed E-state index contributed by atoms with van der Waals surface area (Å²) in [6.07, 6.45) is 0.583. The maximum Gasteiger partial charge on any atom is 0.337 e. The Morgan fingerprint density at radius 3 is 2.75 bits per heavy atom. The van der Waals surface area contributed by atoms with E-state index in [4.69, 9.17) is 21.4 Å². The van der Waals surface area contributed by atoms with Crippen LogP contribution in [0.1, 0.15) is 16.8 Å². The molecule has 1 aromatic carbocycles. The molecule has 0 spiro atoms. The number of hydrogen-bond donors (Lipinski definition) is 2. The molecule has 1 aliphatic rings. The number of nitrogens with one attached hydrogen (secondary N) is 1. The van der Waals surface area contributed by atoms with Gasteiger partial charge in [0.15, 0.2) is 0 Å². The van der Waals surface area contributed by atoms with E-state index in [2.05, 4.69) is 20.7 Å². The van der Waals surface area contributed by atoms with Gasteiger partial charge in [-0.15, -0.1) is 0 Å². The lowest BCUT2D eigenvalue weighted by atomic mass is 10.2. The summed E-state index contributed by atoms with van der Waals surface area (Å²) in [7, 11) is -3.82. The Kier molecular flexibility index (Phi) is 4.70. The zero-order valence-electron chi connectivity index (χ0n) is 10.1. The molecule has 2 N–H and O–H groups in total. The highest BCUT2D eigenvalue weighted by molar-refractivity contribution is 9.10. The molecule has 0 bridgehead atoms. The summed E-state index contributed by atoms with van der Waals surface area (Å²) >= 11 is 8.88. The minimum absolute atomic E-state index is 0.0411. The fourth-order valence-corrected chi connectivity index (χ4v) is 3.90. The SMILES string of the molecule is O=C(O)c1cc(S(=O)(=O)NC2CCOC2)cc(Br)c1Cl. The van der Waals surface area contributed by atoms with Crippen LogP contribution in [0.2, 0.25) is 5.02 Å². The molecule has 1 unspecified atom stereocenters. The minimum Gasteiger partial charge on any atom is -0.478 e. The molecule has 0 aromatic heterocycles. The standard InChI is InChI=1S/C11H11BrClNO5S/c12-9-4-7(3-8(10(9)13)11(15)16)20(17,18)14-6-1-2-19-5-6/h3-4,6,14H,1-2,5H2,(H,15,16). The van der Waals surface area contributed by atoms with E-state index < -0.39 is 16.0 Å². The van der Waals surface area contributed by atoms with Crippen LogP contribution >= 0.6 is 27.5 Å². The minimum atomic E-state index is -3.82. The van der Waals surface area contributed by atoms with Gasteiger partial charge in [0, 0.05) is 17.1 Å². The molecule has 110 valence electrons. The van der Waals surface area contributed by atoms with Crippen LogP contribution in [-0.2, 0) is 14.8 Å². The van der Waals surface area contributed by atoms with E-state index in [1.54, 1.807) is 0 Å². The van der Waals surface area contributed by atoms with Crippen LogP contribution in [0.3, 0.4) is 0 Å². The number of ether oxygens (including phenoxy) is 1. The van der Waals surface area contributed by atoms with E-state index >= 15 is 0 Å². The molecule has 0 saturated carbocycles. The first kappa shape index (κ1) is 15.7. The first-order valence-corrected chi connectivity index (χ1v) is 8.29. The van der Waals surface area contributed by atoms with Crippen molar-refractivity contribution in [3.8, 4) is 0 Å². The molecule has 6 nitrogen and oxygen atoms in total. The Balaban J connectivity index is 2.38. The van der Waals surface area contributed by atoms with Gasteiger partial charge in [0.1, 0.15) is 0 Å². The Bertz CT molecular complexity index is 642. The molecule has 1 aromatic rings. The Labute approximate surface area is 129 Å². The fourth-order valence-electron chi connectivity index (χ4n) is 1.79. The van der Waals surface area contributed by atoms with Crippen LogP contribution in [0.4, 0.5) is 0 Å². The molecule has 1 saturated heterocycles. The first-order chi connectivity index (χ1) is 9.31. The molecule has 1 aliphatic heterocycles. The average molecular weight is 385 g/mol. The lowest BCUT2D eigenvalue weighted by Gasteiger charge is -2.13. The van der Waals surface area contributed by atoms with Gasteiger partial charge in [-0.3, -0.25) is 0 Å². The van der Waals surface area contributed by atoms with Gasteiger partial charge in [-0.2, -0.15) is 0 Å². The van der Waals surface area contributed by atoms with Gasteiger partial charge < -0.3 is 9.84 Å². The van der Waals surface area contributed by atoms with Gasteiger partial charge >= 0.3 is 5.97 Å². The number of carboxylic acids is 1. The molecule has 1 fully saturated rings. The quantitative estimate of drug-likeness (QED) is 0.827. The highest BCUT2D eigenvalue weighted by atomic mass is 79.9. The van der Waals surface area contributed by atoms with Crippen molar-refractivity contribution in [2.75, 3.05) is 13.2 Å². The van der Waals surface area contributed by atoms with Crippen molar-refractivity contribution < 1.29 is 23.1 Å². The molecule has 0 amide bonds. The smallest absolute Gasteiger partial charge is 0.337 e. The van der Waals surface area contributed by atoms with Crippen LogP contribution in [-0.4, -0.2) is 38.7 Å². The van der Waals surface area contributed by atoms with Crippen LogP contribution in [0, 0.1) is 0 Å². The van der Waals surface area contributed by atoms with Crippen molar-refractivity contribution >= 4 is 43.5 Å². The summed E-state index contributed by atoms with van der Waals surface area (Å²) in [5.41, 5.74) is -0.274. The number of sulfonamides is 1. The number of rotatable bonds is 4. The summed E-state index contributed by atoms with van der Waals surface area (Å²) in [5.74, 6) is -1.29. The number of carbonyl (C=O) groups is 1. The molecule has 0 radical (unpaired) electrons. The molecule has 1 heterocycles. The summed E-state index contributed by atoms with van der Waals surface area (Å²) in [5, 5.41) is 8.98. The summed E-state index contributed by atoms with van der Waals surface area (Å²) in [6, 6.07) is 2.00. The highest BCUT2D eigenvalue weighted by Crippen LogP contribution is 2.30. The first-order valence-electron chi connectivity index (χ1n) is 5.63. The molecular weight excluding hydrogens is 374 g/mol. The molecule has 20 heavy (non-hydrogen) atoms. The third-order valence-electron chi connectivity index (χ3n) is 2.79. The molecular formula is C11H11BrClNO5S. The van der Waals surface area contributed by atoms with Gasteiger partial charge in [-0.25, -0.2) is 17.9 Å². The third-order valence-corrected chi connectivity index (χ3v) is 5.55. The maximum absolute atomic E-state index is 12.2. The van der Waals surface area contributed by atoms with E-state index in [9.17, 15) is 13.2 Å². The van der Waals surface area contributed by atoms with Crippen molar-refractivity contribution in [1.82, 2.24) is 4.72 Å². The topological polar surface area (TPSA) is 92.7 Å². The van der Waals surface area contributed by atoms with Gasteiger partial charge in [0.25, 0.3) is 0 Å². The highest BCUT2D eigenvalue weighted by Gasteiger charge is 2.25. The average Bonchev–Trinajstić information content (AvgIpc) is 2.83. The zero-order chi connectivity index (χ0) is 14.9. The number of benzene rings is 1. The van der Waals surface area contributed by atoms with E-state index in [0.717, 1.165) is 6.07 Å². The monoisotopic (exact) mass is 383 g/mol. The molecule has 1 atom stereocenters. The second-order valence-electron chi connectivity index (χ2n) is 4.25. The predicted octanol–water partition coefficient (Wildman–Crippen LogP) is 1.87. The van der Waals surface area contributed by atoms with Gasteiger partial charge in [0.05, 0.1) is 22.1 Å². The van der Waals surface area contributed by atoms with Crippen LogP contribution in [0.15, 0.2) is 21.5 Å². The van der Waals surface area contributed by atoms with E-state index in [1.165, 1.54) is 6.07 Å². The van der Waals surface area contributed by atoms with Crippen LogP contribution in [0.25, 0.3) is 0 Å². The second kappa shape index (κ2) is 5.98. The number of halogens is 2. The van der Waals surface area contributed by atoms with Gasteiger partial charge in [-0.05, 0) is 34.5 Å². The van der Waals surface area contributed by atoms with E-state index in [0.29, 0.717) is 19.6 Å². The van der Waals surface area contributed by atoms with E-state index in [-0.39, 0.29) is 26.0 Å². The molecule has 2 rings (SSSR count). The fraction of sp³-hybridized carbons (Fsp3) is 0.364. The summed E-state index contributed by atoms with van der Waals surface area (Å²) in [6.45, 7) is 0.803. The van der Waals surface area contributed by atoms with E-state index in [1.807, 2.05) is 0 Å². The number of hydrogen-bond acceptors (Lipinski definition) is 4. The van der Waals surface area contributed by atoms with Crippen LogP contribution < -0.4 is 4.72 Å². The molecule has 0 aliphatic carbocycles. The normalized spacial score (nSPS) is 19.2. The number of carboxylic acid groups (broad SMARTS) is 1. The van der Waals surface area contributed by atoms with Crippen molar-refractivity contribution in [3.05, 3.63) is 27.2 Å². The second-order valence-corrected chi connectivity index (χ2v) is 7.20. The summed E-state index contributed by atoms with van der Waals surface area (Å²) < 4.78 is 32.2. The summed E-state index contributed by atoms with van der Waals surface area (Å²) in [4.78, 5) is 10.9. The molecule has 9 heteroatoms. The van der Waals surface area contributed by atoms with Gasteiger partial charge in [-0.1, -0.05) is 11.6 Å².